The molecule has 0 aliphatic heterocycles. The van der Waals surface area contributed by atoms with E-state index in [2.05, 4.69) is 9.88 Å². The van der Waals surface area contributed by atoms with E-state index < -0.39 is 0 Å². The summed E-state index contributed by atoms with van der Waals surface area (Å²) >= 11 is 0. The molecule has 100 valence electrons. The zero-order valence-electron chi connectivity index (χ0n) is 11.0. The van der Waals surface area contributed by atoms with Gasteiger partial charge in [0.25, 0.3) is 5.56 Å². The fourth-order valence-electron chi connectivity index (χ4n) is 2.30. The lowest BCUT2D eigenvalue weighted by Crippen LogP contribution is -2.45. The molecule has 2 rings (SSSR count). The minimum absolute atomic E-state index is 0.0175. The predicted octanol–water partition coefficient (Wildman–Crippen LogP) is 0.971. The lowest BCUT2D eigenvalue weighted by Gasteiger charge is -2.38. The number of anilines is 1. The Bertz CT molecular complexity index is 439. The topological polar surface area (TPSA) is 64.2 Å². The van der Waals surface area contributed by atoms with E-state index in [0.717, 1.165) is 25.8 Å². The Kier molecular flexibility index (Phi) is 4.36. The van der Waals surface area contributed by atoms with Crippen molar-refractivity contribution in [1.29, 1.82) is 0 Å². The monoisotopic (exact) mass is 250 g/mol. The molecule has 0 spiro atoms. The summed E-state index contributed by atoms with van der Waals surface area (Å²) in [5.41, 5.74) is 5.60. The van der Waals surface area contributed by atoms with Gasteiger partial charge >= 0.3 is 0 Å². The molecule has 1 aromatic rings. The van der Waals surface area contributed by atoms with Gasteiger partial charge in [-0.1, -0.05) is 0 Å². The van der Waals surface area contributed by atoms with Crippen molar-refractivity contribution in [2.75, 3.05) is 18.0 Å². The van der Waals surface area contributed by atoms with E-state index in [4.69, 9.17) is 5.73 Å². The highest BCUT2D eigenvalue weighted by molar-refractivity contribution is 5.38. The second kappa shape index (κ2) is 6.00. The highest BCUT2D eigenvalue weighted by atomic mass is 16.1. The normalized spacial score (nSPS) is 15.4. The van der Waals surface area contributed by atoms with Crippen molar-refractivity contribution in [1.82, 2.24) is 9.55 Å². The third-order valence-electron chi connectivity index (χ3n) is 3.63. The van der Waals surface area contributed by atoms with Gasteiger partial charge in [-0.15, -0.1) is 0 Å². The quantitative estimate of drug-likeness (QED) is 0.817. The smallest absolute Gasteiger partial charge is 0.293 e. The van der Waals surface area contributed by atoms with Crippen LogP contribution in [0, 0.1) is 0 Å². The minimum atomic E-state index is 0.0175. The van der Waals surface area contributed by atoms with Crippen molar-refractivity contribution >= 4 is 5.82 Å². The number of rotatable bonds is 6. The van der Waals surface area contributed by atoms with Gasteiger partial charge in [0.2, 0.25) is 0 Å². The summed E-state index contributed by atoms with van der Waals surface area (Å²) in [6.45, 7) is 4.14. The molecule has 0 radical (unpaired) electrons. The molecule has 0 aromatic carbocycles. The molecule has 0 saturated heterocycles. The van der Waals surface area contributed by atoms with Gasteiger partial charge in [-0.3, -0.25) is 4.79 Å². The molecule has 0 bridgehead atoms. The Labute approximate surface area is 108 Å². The van der Waals surface area contributed by atoms with E-state index >= 15 is 0 Å². The fourth-order valence-corrected chi connectivity index (χ4v) is 2.30. The molecule has 1 heterocycles. The van der Waals surface area contributed by atoms with Gasteiger partial charge in [-0.2, -0.15) is 0 Å². The van der Waals surface area contributed by atoms with Crippen LogP contribution in [-0.2, 0) is 6.54 Å². The SMILES string of the molecule is CCn1ccnc(N(CCCN)C2CCC2)c1=O. The van der Waals surface area contributed by atoms with Crippen LogP contribution in [0.4, 0.5) is 5.82 Å². The van der Waals surface area contributed by atoms with Crippen LogP contribution in [0.3, 0.4) is 0 Å². The van der Waals surface area contributed by atoms with Gasteiger partial charge in [0, 0.05) is 31.5 Å². The number of nitrogens with zero attached hydrogens (tertiary/aromatic N) is 3. The summed E-state index contributed by atoms with van der Waals surface area (Å²) in [7, 11) is 0. The van der Waals surface area contributed by atoms with Crippen molar-refractivity contribution in [2.24, 2.45) is 5.73 Å². The van der Waals surface area contributed by atoms with Crippen LogP contribution in [0.15, 0.2) is 17.2 Å². The molecule has 1 saturated carbocycles. The Balaban J connectivity index is 2.26. The molecule has 5 heteroatoms. The van der Waals surface area contributed by atoms with Gasteiger partial charge < -0.3 is 15.2 Å². The van der Waals surface area contributed by atoms with Crippen molar-refractivity contribution in [3.8, 4) is 0 Å². The molecule has 0 unspecified atom stereocenters. The van der Waals surface area contributed by atoms with Crippen LogP contribution < -0.4 is 16.2 Å². The summed E-state index contributed by atoms with van der Waals surface area (Å²) in [6.07, 6.45) is 7.93. The van der Waals surface area contributed by atoms with Crippen LogP contribution in [0.25, 0.3) is 0 Å². The van der Waals surface area contributed by atoms with E-state index in [1.807, 2.05) is 6.92 Å². The van der Waals surface area contributed by atoms with E-state index in [9.17, 15) is 4.79 Å². The highest BCUT2D eigenvalue weighted by Gasteiger charge is 2.27. The average Bonchev–Trinajstić information content (AvgIpc) is 2.32. The zero-order valence-corrected chi connectivity index (χ0v) is 11.0. The summed E-state index contributed by atoms with van der Waals surface area (Å²) in [6, 6.07) is 0.476. The summed E-state index contributed by atoms with van der Waals surface area (Å²) in [4.78, 5) is 18.7. The predicted molar refractivity (Wildman–Crippen MR) is 72.8 cm³/mol. The summed E-state index contributed by atoms with van der Waals surface area (Å²) in [5, 5.41) is 0. The van der Waals surface area contributed by atoms with E-state index in [1.54, 1.807) is 17.0 Å². The van der Waals surface area contributed by atoms with Gasteiger partial charge in [-0.05, 0) is 39.2 Å². The van der Waals surface area contributed by atoms with Gasteiger partial charge in [-0.25, -0.2) is 4.98 Å². The maximum atomic E-state index is 12.3. The molecule has 1 aromatic heterocycles. The molecule has 1 aliphatic rings. The molecule has 0 amide bonds. The highest BCUT2D eigenvalue weighted by Crippen LogP contribution is 2.26. The number of hydrogen-bond acceptors (Lipinski definition) is 4. The van der Waals surface area contributed by atoms with Crippen molar-refractivity contribution in [3.05, 3.63) is 22.7 Å². The standard InChI is InChI=1S/C13H22N4O/c1-2-16-10-8-15-12(13(16)18)17(9-4-7-14)11-5-3-6-11/h8,10-11H,2-7,9,14H2,1H3. The van der Waals surface area contributed by atoms with Gasteiger partial charge in [0.1, 0.15) is 0 Å². The van der Waals surface area contributed by atoms with Crippen LogP contribution >= 0.6 is 0 Å². The maximum Gasteiger partial charge on any atom is 0.293 e. The number of hydrogen-bond donors (Lipinski definition) is 1. The third kappa shape index (κ3) is 2.56. The number of aromatic nitrogens is 2. The van der Waals surface area contributed by atoms with Gasteiger partial charge in [0.05, 0.1) is 0 Å². The first-order valence-corrected chi connectivity index (χ1v) is 6.80. The average molecular weight is 250 g/mol. The first-order chi connectivity index (χ1) is 8.77. The lowest BCUT2D eigenvalue weighted by molar-refractivity contribution is 0.381. The molecule has 1 aliphatic carbocycles. The first-order valence-electron chi connectivity index (χ1n) is 6.80. The van der Waals surface area contributed by atoms with Gasteiger partial charge in [0.15, 0.2) is 5.82 Å². The van der Waals surface area contributed by atoms with E-state index in [1.165, 1.54) is 6.42 Å². The van der Waals surface area contributed by atoms with E-state index in [0.29, 0.717) is 24.9 Å². The van der Waals surface area contributed by atoms with Crippen LogP contribution in [-0.4, -0.2) is 28.7 Å². The summed E-state index contributed by atoms with van der Waals surface area (Å²) in [5.74, 6) is 0.595. The third-order valence-corrected chi connectivity index (χ3v) is 3.63. The summed E-state index contributed by atoms with van der Waals surface area (Å²) < 4.78 is 1.70. The van der Waals surface area contributed by atoms with Crippen molar-refractivity contribution in [2.45, 2.75) is 45.2 Å². The minimum Gasteiger partial charge on any atom is -0.349 e. The molecule has 1 fully saturated rings. The van der Waals surface area contributed by atoms with Crippen LogP contribution in [0.5, 0.6) is 0 Å². The molecule has 5 nitrogen and oxygen atoms in total. The molecule has 0 atom stereocenters. The lowest BCUT2D eigenvalue weighted by atomic mass is 9.91. The molecule has 18 heavy (non-hydrogen) atoms. The Morgan fingerprint density at radius 3 is 2.89 bits per heavy atom. The molecular formula is C13H22N4O. The van der Waals surface area contributed by atoms with Crippen molar-refractivity contribution in [3.63, 3.8) is 0 Å². The molecule has 2 N–H and O–H groups in total. The Morgan fingerprint density at radius 2 is 2.33 bits per heavy atom. The Morgan fingerprint density at radius 1 is 1.56 bits per heavy atom. The number of aryl methyl sites for hydroxylation is 1. The second-order valence-corrected chi connectivity index (χ2v) is 4.76. The maximum absolute atomic E-state index is 12.3. The van der Waals surface area contributed by atoms with Crippen LogP contribution in [0.2, 0.25) is 0 Å². The molecular weight excluding hydrogens is 228 g/mol. The zero-order chi connectivity index (χ0) is 13.0. The van der Waals surface area contributed by atoms with Crippen LogP contribution in [0.1, 0.15) is 32.6 Å². The number of nitrogens with two attached hydrogens (primary N) is 1. The largest absolute Gasteiger partial charge is 0.349 e. The van der Waals surface area contributed by atoms with Crippen molar-refractivity contribution < 1.29 is 0 Å². The second-order valence-electron chi connectivity index (χ2n) is 4.76. The fraction of sp³-hybridized carbons (Fsp3) is 0.692. The Hall–Kier alpha value is -1.36. The van der Waals surface area contributed by atoms with E-state index in [-0.39, 0.29) is 5.56 Å². The first kappa shape index (κ1) is 13.1.